The van der Waals surface area contributed by atoms with Crippen LogP contribution in [-0.2, 0) is 0 Å². The lowest BCUT2D eigenvalue weighted by Crippen LogP contribution is -2.55. The fourth-order valence-corrected chi connectivity index (χ4v) is 2.07. The van der Waals surface area contributed by atoms with Gasteiger partial charge in [0.25, 0.3) is 11.6 Å². The second-order valence-corrected chi connectivity index (χ2v) is 6.15. The van der Waals surface area contributed by atoms with Gasteiger partial charge in [-0.25, -0.2) is 4.68 Å². The summed E-state index contributed by atoms with van der Waals surface area (Å²) in [6.45, 7) is 6.19. The number of carbonyl (C=O) groups is 1. The summed E-state index contributed by atoms with van der Waals surface area (Å²) in [5, 5.41) is 17.8. The highest BCUT2D eigenvalue weighted by Crippen LogP contribution is 2.17. The maximum atomic E-state index is 12.4. The molecule has 128 valence electrons. The highest BCUT2D eigenvalue weighted by atomic mass is 16.6. The molecule has 0 bridgehead atoms. The summed E-state index contributed by atoms with van der Waals surface area (Å²) in [5.74, 6) is -0.138. The van der Waals surface area contributed by atoms with Crippen molar-refractivity contribution in [3.8, 4) is 5.69 Å². The van der Waals surface area contributed by atoms with Crippen molar-refractivity contribution in [3.05, 3.63) is 52.3 Å². The molecule has 1 atom stereocenters. The van der Waals surface area contributed by atoms with E-state index < -0.39 is 10.5 Å². The zero-order valence-electron chi connectivity index (χ0n) is 13.9. The van der Waals surface area contributed by atoms with E-state index in [9.17, 15) is 14.9 Å². The van der Waals surface area contributed by atoms with E-state index in [2.05, 4.69) is 10.4 Å². The van der Waals surface area contributed by atoms with Crippen molar-refractivity contribution >= 4 is 11.6 Å². The van der Waals surface area contributed by atoms with E-state index in [1.165, 1.54) is 16.8 Å². The summed E-state index contributed by atoms with van der Waals surface area (Å²) in [4.78, 5) is 22.6. The van der Waals surface area contributed by atoms with Gasteiger partial charge in [-0.1, -0.05) is 13.8 Å². The van der Waals surface area contributed by atoms with Crippen molar-refractivity contribution in [2.45, 2.75) is 26.3 Å². The lowest BCUT2D eigenvalue weighted by Gasteiger charge is -2.33. The van der Waals surface area contributed by atoms with Gasteiger partial charge in [-0.3, -0.25) is 14.9 Å². The third-order valence-electron chi connectivity index (χ3n) is 4.24. The number of nitrogens with two attached hydrogens (primary N) is 1. The molecule has 3 N–H and O–H groups in total. The fraction of sp³-hybridized carbons (Fsp3) is 0.375. The molecule has 0 fully saturated rings. The van der Waals surface area contributed by atoms with Crippen LogP contribution >= 0.6 is 0 Å². The minimum absolute atomic E-state index is 0.000446. The topological polar surface area (TPSA) is 116 Å². The number of hydrogen-bond donors (Lipinski definition) is 2. The van der Waals surface area contributed by atoms with E-state index >= 15 is 0 Å². The van der Waals surface area contributed by atoms with Crippen LogP contribution in [0, 0.1) is 16.0 Å². The molecule has 0 saturated carbocycles. The Labute approximate surface area is 139 Å². The molecular weight excluding hydrogens is 310 g/mol. The van der Waals surface area contributed by atoms with Gasteiger partial charge in [0, 0.05) is 24.9 Å². The van der Waals surface area contributed by atoms with E-state index in [0.717, 1.165) is 0 Å². The van der Waals surface area contributed by atoms with Crippen LogP contribution in [0.2, 0.25) is 0 Å². The first-order valence-corrected chi connectivity index (χ1v) is 7.60. The van der Waals surface area contributed by atoms with Crippen LogP contribution in [0.5, 0.6) is 0 Å². The monoisotopic (exact) mass is 331 g/mol. The molecule has 0 saturated heterocycles. The molecule has 0 aliphatic heterocycles. The van der Waals surface area contributed by atoms with Crippen LogP contribution < -0.4 is 11.1 Å². The van der Waals surface area contributed by atoms with Crippen molar-refractivity contribution in [2.24, 2.45) is 11.7 Å². The number of nitro benzene ring substituents is 1. The van der Waals surface area contributed by atoms with Gasteiger partial charge in [0.05, 0.1) is 16.1 Å². The van der Waals surface area contributed by atoms with Gasteiger partial charge in [0.2, 0.25) is 0 Å². The van der Waals surface area contributed by atoms with Crippen molar-refractivity contribution in [1.29, 1.82) is 0 Å². The second-order valence-electron chi connectivity index (χ2n) is 6.15. The number of benzene rings is 1. The summed E-state index contributed by atoms with van der Waals surface area (Å²) < 4.78 is 1.49. The summed E-state index contributed by atoms with van der Waals surface area (Å²) in [6, 6.07) is 7.52. The van der Waals surface area contributed by atoms with Crippen molar-refractivity contribution in [3.63, 3.8) is 0 Å². The van der Waals surface area contributed by atoms with Gasteiger partial charge in [-0.2, -0.15) is 5.10 Å². The normalized spacial score (nSPS) is 13.5. The summed E-state index contributed by atoms with van der Waals surface area (Å²) in [6.07, 6.45) is 1.63. The largest absolute Gasteiger partial charge is 0.344 e. The number of rotatable bonds is 6. The molecule has 1 aromatic carbocycles. The summed E-state index contributed by atoms with van der Waals surface area (Å²) >= 11 is 0. The molecule has 8 nitrogen and oxygen atoms in total. The Morgan fingerprint density at radius 1 is 1.38 bits per heavy atom. The molecule has 0 radical (unpaired) electrons. The minimum Gasteiger partial charge on any atom is -0.344 e. The molecule has 1 unspecified atom stereocenters. The number of non-ortho nitro benzene ring substituents is 1. The van der Waals surface area contributed by atoms with Crippen LogP contribution in [0.25, 0.3) is 5.69 Å². The Kier molecular flexibility index (Phi) is 4.99. The quantitative estimate of drug-likeness (QED) is 0.619. The van der Waals surface area contributed by atoms with Gasteiger partial charge < -0.3 is 11.1 Å². The number of nitrogens with zero attached hydrogens (tertiary/aromatic N) is 3. The lowest BCUT2D eigenvalue weighted by molar-refractivity contribution is -0.384. The van der Waals surface area contributed by atoms with Gasteiger partial charge in [0.1, 0.15) is 0 Å². The number of amides is 1. The highest BCUT2D eigenvalue weighted by molar-refractivity contribution is 5.92. The van der Waals surface area contributed by atoms with Crippen LogP contribution in [-0.4, -0.2) is 32.7 Å². The van der Waals surface area contributed by atoms with Crippen LogP contribution in [0.3, 0.4) is 0 Å². The first kappa shape index (κ1) is 17.6. The van der Waals surface area contributed by atoms with E-state index in [1.807, 2.05) is 20.8 Å². The molecule has 2 rings (SSSR count). The van der Waals surface area contributed by atoms with Crippen molar-refractivity contribution in [1.82, 2.24) is 15.1 Å². The average molecular weight is 331 g/mol. The zero-order chi connectivity index (χ0) is 17.9. The molecule has 1 amide bonds. The minimum atomic E-state index is -0.520. The van der Waals surface area contributed by atoms with E-state index in [-0.39, 0.29) is 23.2 Å². The molecular formula is C16H21N5O3. The Balaban J connectivity index is 2.18. The Hall–Kier alpha value is -2.74. The zero-order valence-corrected chi connectivity index (χ0v) is 13.9. The number of hydrogen-bond acceptors (Lipinski definition) is 5. The molecule has 1 heterocycles. The highest BCUT2D eigenvalue weighted by Gasteiger charge is 2.29. The predicted molar refractivity (Wildman–Crippen MR) is 90.0 cm³/mol. The van der Waals surface area contributed by atoms with E-state index in [0.29, 0.717) is 12.2 Å². The summed E-state index contributed by atoms with van der Waals surface area (Å²) in [5.41, 5.74) is 6.14. The van der Waals surface area contributed by atoms with Gasteiger partial charge >= 0.3 is 0 Å². The third kappa shape index (κ3) is 3.60. The fourth-order valence-electron chi connectivity index (χ4n) is 2.07. The average Bonchev–Trinajstić information content (AvgIpc) is 3.04. The number of aromatic nitrogens is 2. The van der Waals surface area contributed by atoms with Crippen LogP contribution in [0.15, 0.2) is 36.5 Å². The molecule has 2 aromatic rings. The predicted octanol–water partition coefficient (Wildman–Crippen LogP) is 1.88. The van der Waals surface area contributed by atoms with E-state index in [1.54, 1.807) is 24.4 Å². The maximum Gasteiger partial charge on any atom is 0.272 e. The first-order chi connectivity index (χ1) is 11.3. The lowest BCUT2D eigenvalue weighted by atomic mass is 9.88. The Morgan fingerprint density at radius 3 is 2.50 bits per heavy atom. The summed E-state index contributed by atoms with van der Waals surface area (Å²) in [7, 11) is 0. The SMILES string of the molecule is CC(C)C(C)(CN)NC(=O)c1ccn(-c2ccc([N+](=O)[O-])cc2)n1. The standard InChI is InChI=1S/C16H21N5O3/c1-11(2)16(3,10-17)18-15(22)14-8-9-20(19-14)12-4-6-13(7-5-12)21(23)24/h4-9,11H,10,17H2,1-3H3,(H,18,22). The third-order valence-corrected chi connectivity index (χ3v) is 4.24. The van der Waals surface area contributed by atoms with Crippen molar-refractivity contribution in [2.75, 3.05) is 6.54 Å². The molecule has 1 aromatic heterocycles. The molecule has 8 heteroatoms. The van der Waals surface area contributed by atoms with Crippen LogP contribution in [0.4, 0.5) is 5.69 Å². The number of carbonyl (C=O) groups excluding carboxylic acids is 1. The molecule has 0 aliphatic carbocycles. The molecule has 24 heavy (non-hydrogen) atoms. The Morgan fingerprint density at radius 2 is 2.00 bits per heavy atom. The van der Waals surface area contributed by atoms with Crippen LogP contribution in [0.1, 0.15) is 31.3 Å². The van der Waals surface area contributed by atoms with Crippen molar-refractivity contribution < 1.29 is 9.72 Å². The Bertz CT molecular complexity index is 738. The maximum absolute atomic E-state index is 12.4. The smallest absolute Gasteiger partial charge is 0.272 e. The number of nitro groups is 1. The molecule has 0 spiro atoms. The number of nitrogens with one attached hydrogen (secondary N) is 1. The first-order valence-electron chi connectivity index (χ1n) is 7.60. The van der Waals surface area contributed by atoms with Gasteiger partial charge in [-0.05, 0) is 31.0 Å². The van der Waals surface area contributed by atoms with E-state index in [4.69, 9.17) is 5.73 Å². The second kappa shape index (κ2) is 6.79. The van der Waals surface area contributed by atoms with Gasteiger partial charge in [-0.15, -0.1) is 0 Å². The molecule has 0 aliphatic rings. The van der Waals surface area contributed by atoms with Gasteiger partial charge in [0.15, 0.2) is 5.69 Å².